The second kappa shape index (κ2) is 6.85. The summed E-state index contributed by atoms with van der Waals surface area (Å²) >= 11 is 0. The van der Waals surface area contributed by atoms with Crippen molar-refractivity contribution in [2.24, 2.45) is 5.92 Å². The number of sulfonamides is 1. The summed E-state index contributed by atoms with van der Waals surface area (Å²) in [6.07, 6.45) is 0. The first kappa shape index (κ1) is 20.6. The number of imide groups is 1. The Morgan fingerprint density at radius 3 is 2.03 bits per heavy atom. The molecule has 32 heavy (non-hydrogen) atoms. The molecule has 0 aromatic heterocycles. The third-order valence-corrected chi connectivity index (χ3v) is 8.54. The van der Waals surface area contributed by atoms with Crippen LogP contribution in [0.15, 0.2) is 65.6 Å². The maximum atomic E-state index is 13.4. The number of carbonyl (C=O) groups is 3. The maximum absolute atomic E-state index is 13.4. The molecule has 3 amide bonds. The van der Waals surface area contributed by atoms with Crippen LogP contribution in [0.4, 0.5) is 0 Å². The highest BCUT2D eigenvalue weighted by atomic mass is 32.2. The number of rotatable bonds is 3. The molecule has 0 N–H and O–H groups in total. The summed E-state index contributed by atoms with van der Waals surface area (Å²) < 4.78 is 28.0. The van der Waals surface area contributed by atoms with Crippen LogP contribution >= 0.6 is 0 Å². The zero-order chi connectivity index (χ0) is 22.9. The van der Waals surface area contributed by atoms with Crippen LogP contribution in [-0.2, 0) is 14.8 Å². The lowest BCUT2D eigenvalue weighted by Crippen LogP contribution is -2.53. The summed E-state index contributed by atoms with van der Waals surface area (Å²) in [6.45, 7) is 7.44. The Morgan fingerprint density at radius 2 is 1.47 bits per heavy atom. The van der Waals surface area contributed by atoms with E-state index in [9.17, 15) is 22.8 Å². The van der Waals surface area contributed by atoms with E-state index in [2.05, 4.69) is 6.58 Å². The molecule has 0 aliphatic carbocycles. The van der Waals surface area contributed by atoms with Gasteiger partial charge in [-0.3, -0.25) is 14.4 Å². The van der Waals surface area contributed by atoms with Gasteiger partial charge in [0.25, 0.3) is 17.7 Å². The first-order chi connectivity index (χ1) is 15.1. The fraction of sp³-hybridized carbons (Fsp3) is 0.261. The summed E-state index contributed by atoms with van der Waals surface area (Å²) in [4.78, 5) is 39.2. The second-order valence-electron chi connectivity index (χ2n) is 8.36. The number of hydrogen-bond acceptors (Lipinski definition) is 5. The molecular weight excluding hydrogens is 430 g/mol. The van der Waals surface area contributed by atoms with Gasteiger partial charge in [0.15, 0.2) is 0 Å². The Hall–Kier alpha value is -3.30. The van der Waals surface area contributed by atoms with E-state index in [1.165, 1.54) is 16.4 Å². The molecule has 2 fully saturated rings. The fourth-order valence-electron chi connectivity index (χ4n) is 4.93. The normalized spacial score (nSPS) is 25.6. The zero-order valence-corrected chi connectivity index (χ0v) is 18.4. The molecule has 0 bridgehead atoms. The van der Waals surface area contributed by atoms with Crippen molar-refractivity contribution in [2.45, 2.75) is 30.8 Å². The molecular formula is C23H21N3O5S. The average Bonchev–Trinajstić information content (AvgIpc) is 3.33. The van der Waals surface area contributed by atoms with E-state index in [0.717, 1.165) is 15.6 Å². The van der Waals surface area contributed by atoms with Gasteiger partial charge in [-0.2, -0.15) is 9.31 Å². The highest BCUT2D eigenvalue weighted by Crippen LogP contribution is 2.44. The highest BCUT2D eigenvalue weighted by Gasteiger charge is 2.59. The molecule has 3 atom stereocenters. The number of carbonyl (C=O) groups excluding carboxylic acids is 3. The van der Waals surface area contributed by atoms with Gasteiger partial charge >= 0.3 is 0 Å². The number of amides is 3. The van der Waals surface area contributed by atoms with Gasteiger partial charge < -0.3 is 0 Å². The molecule has 2 aromatic rings. The van der Waals surface area contributed by atoms with E-state index in [4.69, 9.17) is 0 Å². The van der Waals surface area contributed by atoms with E-state index in [-0.39, 0.29) is 28.1 Å². The standard InChI is InChI=1S/C23H21N3O5S/c1-13-8-10-16(11-9-13)32(30,31)24-12-19-20(15(24)3)14(2)21(27)25(19)26-22(28)17-6-4-5-7-18(17)23(26)29/h4-11,15,19-20H,2,12H2,1,3H3/t15-,19+,20-/m0/s1. The molecule has 8 nitrogen and oxygen atoms in total. The molecule has 164 valence electrons. The van der Waals surface area contributed by atoms with Crippen molar-refractivity contribution in [2.75, 3.05) is 6.54 Å². The summed E-state index contributed by atoms with van der Waals surface area (Å²) in [5.74, 6) is -2.26. The number of aryl methyl sites for hydroxylation is 1. The molecule has 5 rings (SSSR count). The molecule has 2 saturated heterocycles. The van der Waals surface area contributed by atoms with E-state index in [1.807, 2.05) is 6.92 Å². The van der Waals surface area contributed by atoms with Crippen LogP contribution in [-0.4, -0.2) is 59.1 Å². The largest absolute Gasteiger partial charge is 0.280 e. The van der Waals surface area contributed by atoms with Gasteiger partial charge in [0.1, 0.15) is 0 Å². The number of benzene rings is 2. The van der Waals surface area contributed by atoms with Crippen LogP contribution in [0, 0.1) is 12.8 Å². The van der Waals surface area contributed by atoms with Crippen molar-refractivity contribution < 1.29 is 22.8 Å². The molecule has 0 saturated carbocycles. The van der Waals surface area contributed by atoms with Crippen LogP contribution in [0.1, 0.15) is 33.2 Å². The Morgan fingerprint density at radius 1 is 0.906 bits per heavy atom. The van der Waals surface area contributed by atoms with Crippen molar-refractivity contribution in [3.05, 3.63) is 77.4 Å². The van der Waals surface area contributed by atoms with Gasteiger partial charge in [-0.05, 0) is 38.1 Å². The van der Waals surface area contributed by atoms with E-state index in [1.54, 1.807) is 43.3 Å². The Labute approximate surface area is 185 Å². The quantitative estimate of drug-likeness (QED) is 0.525. The van der Waals surface area contributed by atoms with Crippen LogP contribution in [0.2, 0.25) is 0 Å². The number of hydrazine groups is 1. The van der Waals surface area contributed by atoms with Gasteiger partial charge in [0, 0.05) is 24.1 Å². The SMILES string of the molecule is C=C1C(=O)N(N2C(=O)c3ccccc3C2=O)[C@@H]2CN(S(=O)(=O)c3ccc(C)cc3)[C@@H](C)[C@H]12. The Balaban J connectivity index is 1.52. The minimum atomic E-state index is -3.85. The van der Waals surface area contributed by atoms with Gasteiger partial charge in [-0.1, -0.05) is 36.4 Å². The van der Waals surface area contributed by atoms with Crippen LogP contribution in [0.3, 0.4) is 0 Å². The summed E-state index contributed by atoms with van der Waals surface area (Å²) in [7, 11) is -3.85. The molecule has 2 aromatic carbocycles. The topological polar surface area (TPSA) is 95.1 Å². The Bertz CT molecular complexity index is 1270. The fourth-order valence-corrected chi connectivity index (χ4v) is 6.60. The predicted octanol–water partition coefficient (Wildman–Crippen LogP) is 1.98. The van der Waals surface area contributed by atoms with Crippen LogP contribution in [0.25, 0.3) is 0 Å². The van der Waals surface area contributed by atoms with Crippen LogP contribution < -0.4 is 0 Å². The summed E-state index contributed by atoms with van der Waals surface area (Å²) in [5, 5.41) is 1.95. The van der Waals surface area contributed by atoms with Crippen LogP contribution in [0.5, 0.6) is 0 Å². The van der Waals surface area contributed by atoms with Crippen molar-refractivity contribution in [1.82, 2.24) is 14.3 Å². The highest BCUT2D eigenvalue weighted by molar-refractivity contribution is 7.89. The molecule has 3 aliphatic heterocycles. The predicted molar refractivity (Wildman–Crippen MR) is 115 cm³/mol. The Kier molecular flexibility index (Phi) is 4.41. The molecule has 0 spiro atoms. The van der Waals surface area contributed by atoms with Crippen molar-refractivity contribution in [3.8, 4) is 0 Å². The first-order valence-electron chi connectivity index (χ1n) is 10.2. The molecule has 9 heteroatoms. The van der Waals surface area contributed by atoms with E-state index >= 15 is 0 Å². The van der Waals surface area contributed by atoms with Gasteiger partial charge in [-0.25, -0.2) is 13.4 Å². The second-order valence-corrected chi connectivity index (χ2v) is 10.3. The first-order valence-corrected chi connectivity index (χ1v) is 11.7. The molecule has 0 unspecified atom stereocenters. The minimum absolute atomic E-state index is 0.0415. The zero-order valence-electron chi connectivity index (χ0n) is 17.6. The van der Waals surface area contributed by atoms with Crippen molar-refractivity contribution in [3.63, 3.8) is 0 Å². The van der Waals surface area contributed by atoms with Gasteiger partial charge in [-0.15, -0.1) is 0 Å². The molecule has 3 aliphatic rings. The molecule has 0 radical (unpaired) electrons. The summed E-state index contributed by atoms with van der Waals surface area (Å²) in [5.41, 5.74) is 1.57. The smallest absolute Gasteiger partial charge is 0.268 e. The monoisotopic (exact) mass is 451 g/mol. The lowest BCUT2D eigenvalue weighted by molar-refractivity contribution is -0.136. The number of hydrogen-bond donors (Lipinski definition) is 0. The van der Waals surface area contributed by atoms with Gasteiger partial charge in [0.05, 0.1) is 22.1 Å². The number of nitrogens with zero attached hydrogens (tertiary/aromatic N) is 3. The van der Waals surface area contributed by atoms with E-state index < -0.39 is 45.7 Å². The van der Waals surface area contributed by atoms with Gasteiger partial charge in [0.2, 0.25) is 10.0 Å². The lowest BCUT2D eigenvalue weighted by Gasteiger charge is -2.31. The maximum Gasteiger partial charge on any atom is 0.280 e. The third kappa shape index (κ3) is 2.64. The average molecular weight is 452 g/mol. The number of fused-ring (bicyclic) bond motifs is 2. The third-order valence-electron chi connectivity index (χ3n) is 6.57. The summed E-state index contributed by atoms with van der Waals surface area (Å²) in [6, 6.07) is 11.6. The van der Waals surface area contributed by atoms with Crippen molar-refractivity contribution in [1.29, 1.82) is 0 Å². The van der Waals surface area contributed by atoms with E-state index in [0.29, 0.717) is 0 Å². The lowest BCUT2D eigenvalue weighted by atomic mass is 9.94. The molecule has 3 heterocycles. The minimum Gasteiger partial charge on any atom is -0.268 e. The van der Waals surface area contributed by atoms with Crippen molar-refractivity contribution >= 4 is 27.7 Å².